The van der Waals surface area contributed by atoms with Crippen LogP contribution in [0.15, 0.2) is 0 Å². The molecule has 0 aromatic heterocycles. The zero-order valence-electron chi connectivity index (χ0n) is 9.89. The molecule has 98 valence electrons. The third kappa shape index (κ3) is 4.52. The Hall–Kier alpha value is -0.800. The van der Waals surface area contributed by atoms with Crippen molar-refractivity contribution >= 4 is 0 Å². The minimum atomic E-state index is -4.14. The number of ether oxygens (including phenoxy) is 1. The zero-order chi connectivity index (χ0) is 12.9. The van der Waals surface area contributed by atoms with Gasteiger partial charge in [0.25, 0.3) is 0 Å². The molecule has 1 saturated heterocycles. The Morgan fingerprint density at radius 3 is 2.29 bits per heavy atom. The summed E-state index contributed by atoms with van der Waals surface area (Å²) in [6.45, 7) is 3.99. The number of halogens is 3. The lowest BCUT2D eigenvalue weighted by Gasteiger charge is -2.38. The predicted molar refractivity (Wildman–Crippen MR) is 56.3 cm³/mol. The Morgan fingerprint density at radius 2 is 1.82 bits per heavy atom. The molecular formula is C11H17F3N2O. The molecule has 0 N–H and O–H groups in total. The second-order valence-corrected chi connectivity index (χ2v) is 4.45. The van der Waals surface area contributed by atoms with E-state index < -0.39 is 18.1 Å². The average molecular weight is 250 g/mol. The summed E-state index contributed by atoms with van der Waals surface area (Å²) in [5.74, 6) is 0. The van der Waals surface area contributed by atoms with Crippen molar-refractivity contribution < 1.29 is 17.9 Å². The van der Waals surface area contributed by atoms with E-state index in [1.807, 2.05) is 4.90 Å². The minimum Gasteiger partial charge on any atom is -0.379 e. The van der Waals surface area contributed by atoms with Gasteiger partial charge in [-0.15, -0.1) is 0 Å². The Bertz CT molecular complexity index is 281. The first-order chi connectivity index (χ1) is 7.87. The van der Waals surface area contributed by atoms with Crippen LogP contribution in [0.3, 0.4) is 0 Å². The third-order valence-corrected chi connectivity index (χ3v) is 3.07. The number of hydrogen-bond donors (Lipinski definition) is 0. The van der Waals surface area contributed by atoms with Gasteiger partial charge in [-0.05, 0) is 19.8 Å². The van der Waals surface area contributed by atoms with Gasteiger partial charge in [-0.2, -0.15) is 18.4 Å². The van der Waals surface area contributed by atoms with E-state index in [4.69, 9.17) is 10.00 Å². The third-order valence-electron chi connectivity index (χ3n) is 3.07. The second kappa shape index (κ2) is 5.69. The molecule has 1 fully saturated rings. The Balaban J connectivity index is 2.47. The van der Waals surface area contributed by atoms with E-state index >= 15 is 0 Å². The van der Waals surface area contributed by atoms with Gasteiger partial charge in [0.05, 0.1) is 19.3 Å². The lowest BCUT2D eigenvalue weighted by atomic mass is 9.94. The standard InChI is InChI=1S/C11H17F3N2O/c1-10(9-15,3-2-4-11(12,13)14)16-5-7-17-8-6-16/h2-8H2,1H3. The summed E-state index contributed by atoms with van der Waals surface area (Å²) in [5, 5.41) is 9.15. The summed E-state index contributed by atoms with van der Waals surface area (Å²) < 4.78 is 41.3. The van der Waals surface area contributed by atoms with E-state index in [9.17, 15) is 13.2 Å². The van der Waals surface area contributed by atoms with Crippen molar-refractivity contribution in [2.75, 3.05) is 26.3 Å². The van der Waals surface area contributed by atoms with Crippen LogP contribution < -0.4 is 0 Å². The fourth-order valence-electron chi connectivity index (χ4n) is 1.97. The van der Waals surface area contributed by atoms with Crippen molar-refractivity contribution in [1.82, 2.24) is 4.90 Å². The van der Waals surface area contributed by atoms with Crippen LogP contribution in [-0.4, -0.2) is 42.9 Å². The van der Waals surface area contributed by atoms with Gasteiger partial charge in [0, 0.05) is 19.5 Å². The maximum Gasteiger partial charge on any atom is 0.389 e. The van der Waals surface area contributed by atoms with Gasteiger partial charge in [-0.1, -0.05) is 0 Å². The fraction of sp³-hybridized carbons (Fsp3) is 0.909. The lowest BCUT2D eigenvalue weighted by molar-refractivity contribution is -0.136. The molecule has 3 nitrogen and oxygen atoms in total. The van der Waals surface area contributed by atoms with Crippen molar-refractivity contribution in [1.29, 1.82) is 5.26 Å². The van der Waals surface area contributed by atoms with Crippen LogP contribution in [0.25, 0.3) is 0 Å². The molecule has 0 aromatic rings. The second-order valence-electron chi connectivity index (χ2n) is 4.45. The van der Waals surface area contributed by atoms with Crippen LogP contribution in [0.5, 0.6) is 0 Å². The number of nitriles is 1. The number of rotatable bonds is 4. The summed E-state index contributed by atoms with van der Waals surface area (Å²) >= 11 is 0. The number of morpholine rings is 1. The summed E-state index contributed by atoms with van der Waals surface area (Å²) in [5.41, 5.74) is -0.810. The van der Waals surface area contributed by atoms with Gasteiger partial charge < -0.3 is 4.74 Å². The Morgan fingerprint density at radius 1 is 1.24 bits per heavy atom. The summed E-state index contributed by atoms with van der Waals surface area (Å²) in [6.07, 6.45) is -4.73. The highest BCUT2D eigenvalue weighted by Crippen LogP contribution is 2.27. The summed E-state index contributed by atoms with van der Waals surface area (Å²) in [6, 6.07) is 2.14. The van der Waals surface area contributed by atoms with Gasteiger partial charge in [-0.3, -0.25) is 4.90 Å². The van der Waals surface area contributed by atoms with Gasteiger partial charge >= 0.3 is 6.18 Å². The minimum absolute atomic E-state index is 0.00901. The highest BCUT2D eigenvalue weighted by molar-refractivity contribution is 5.05. The monoisotopic (exact) mass is 250 g/mol. The highest BCUT2D eigenvalue weighted by atomic mass is 19.4. The molecule has 6 heteroatoms. The molecule has 0 aliphatic carbocycles. The number of alkyl halides is 3. The molecule has 0 spiro atoms. The summed E-state index contributed by atoms with van der Waals surface area (Å²) in [7, 11) is 0. The van der Waals surface area contributed by atoms with Crippen molar-refractivity contribution in [3.8, 4) is 6.07 Å². The first-order valence-electron chi connectivity index (χ1n) is 5.68. The summed E-state index contributed by atoms with van der Waals surface area (Å²) in [4.78, 5) is 1.91. The maximum absolute atomic E-state index is 12.1. The molecule has 1 rings (SSSR count). The van der Waals surface area contributed by atoms with Gasteiger partial charge in [0.15, 0.2) is 0 Å². The normalized spacial score (nSPS) is 21.8. The van der Waals surface area contributed by atoms with E-state index in [1.54, 1.807) is 6.92 Å². The zero-order valence-corrected chi connectivity index (χ0v) is 9.89. The molecule has 1 aliphatic rings. The van der Waals surface area contributed by atoms with Crippen LogP contribution in [0.4, 0.5) is 13.2 Å². The van der Waals surface area contributed by atoms with Crippen LogP contribution in [0.1, 0.15) is 26.2 Å². The first-order valence-corrected chi connectivity index (χ1v) is 5.68. The smallest absolute Gasteiger partial charge is 0.379 e. The Kier molecular flexibility index (Phi) is 4.78. The molecule has 0 radical (unpaired) electrons. The average Bonchev–Trinajstić information content (AvgIpc) is 2.28. The SMILES string of the molecule is CC(C#N)(CCCC(F)(F)F)N1CCOCC1. The molecule has 0 saturated carbocycles. The quantitative estimate of drug-likeness (QED) is 0.768. The van der Waals surface area contributed by atoms with E-state index in [-0.39, 0.29) is 12.8 Å². The maximum atomic E-state index is 12.1. The predicted octanol–water partition coefficient (Wildman–Crippen LogP) is 2.33. The fourth-order valence-corrected chi connectivity index (χ4v) is 1.97. The van der Waals surface area contributed by atoms with Crippen LogP contribution >= 0.6 is 0 Å². The Labute approximate surface area is 99.1 Å². The van der Waals surface area contributed by atoms with E-state index in [0.717, 1.165) is 0 Å². The molecule has 1 heterocycles. The largest absolute Gasteiger partial charge is 0.389 e. The molecule has 0 bridgehead atoms. The highest BCUT2D eigenvalue weighted by Gasteiger charge is 2.34. The van der Waals surface area contributed by atoms with Crippen LogP contribution in [0.2, 0.25) is 0 Å². The number of nitrogens with zero attached hydrogens (tertiary/aromatic N) is 2. The van der Waals surface area contributed by atoms with E-state index in [2.05, 4.69) is 6.07 Å². The molecule has 1 unspecified atom stereocenters. The lowest BCUT2D eigenvalue weighted by Crippen LogP contribution is -2.50. The molecule has 0 amide bonds. The first kappa shape index (κ1) is 14.3. The molecule has 1 atom stereocenters. The van der Waals surface area contributed by atoms with E-state index in [1.165, 1.54) is 0 Å². The van der Waals surface area contributed by atoms with Crippen LogP contribution in [-0.2, 0) is 4.74 Å². The molecular weight excluding hydrogens is 233 g/mol. The van der Waals surface area contributed by atoms with Crippen molar-refractivity contribution in [2.24, 2.45) is 0 Å². The van der Waals surface area contributed by atoms with Crippen molar-refractivity contribution in [2.45, 2.75) is 37.9 Å². The van der Waals surface area contributed by atoms with Crippen molar-refractivity contribution in [3.63, 3.8) is 0 Å². The van der Waals surface area contributed by atoms with Gasteiger partial charge in [0.2, 0.25) is 0 Å². The number of hydrogen-bond acceptors (Lipinski definition) is 3. The van der Waals surface area contributed by atoms with E-state index in [0.29, 0.717) is 26.3 Å². The van der Waals surface area contributed by atoms with Gasteiger partial charge in [-0.25, -0.2) is 0 Å². The van der Waals surface area contributed by atoms with Crippen molar-refractivity contribution in [3.05, 3.63) is 0 Å². The molecule has 0 aromatic carbocycles. The van der Waals surface area contributed by atoms with Crippen LogP contribution in [0, 0.1) is 11.3 Å². The molecule has 17 heavy (non-hydrogen) atoms. The topological polar surface area (TPSA) is 36.3 Å². The molecule has 1 aliphatic heterocycles. The van der Waals surface area contributed by atoms with Gasteiger partial charge in [0.1, 0.15) is 5.54 Å².